The molecule has 0 heterocycles. The fraction of sp³-hybridized carbons (Fsp3) is 0.188. The first-order valence-electron chi connectivity index (χ1n) is 6.59. The van der Waals surface area contributed by atoms with E-state index in [2.05, 4.69) is 10.6 Å². The molecular formula is C16H16ClFN2O. The summed E-state index contributed by atoms with van der Waals surface area (Å²) >= 11 is 6.10. The van der Waals surface area contributed by atoms with Crippen LogP contribution in [0.15, 0.2) is 48.5 Å². The number of hydrogen-bond acceptors (Lipinski definition) is 2. The molecule has 0 unspecified atom stereocenters. The molecule has 0 aliphatic heterocycles. The minimum Gasteiger partial charge on any atom is -0.325 e. The maximum absolute atomic E-state index is 12.8. The number of nitrogens with one attached hydrogen (secondary N) is 2. The summed E-state index contributed by atoms with van der Waals surface area (Å²) in [6.07, 6.45) is 0. The summed E-state index contributed by atoms with van der Waals surface area (Å²) in [5, 5.41) is 6.45. The summed E-state index contributed by atoms with van der Waals surface area (Å²) in [6, 6.07) is 13.1. The molecule has 0 bridgehead atoms. The molecule has 1 atom stereocenters. The maximum atomic E-state index is 12.8. The SMILES string of the molecule is C[C@H](NCC(=O)Nc1ccc(F)cc1)c1ccccc1Cl. The quantitative estimate of drug-likeness (QED) is 0.883. The Hall–Kier alpha value is -1.91. The Morgan fingerprint density at radius 1 is 1.19 bits per heavy atom. The van der Waals surface area contributed by atoms with Gasteiger partial charge in [-0.1, -0.05) is 29.8 Å². The van der Waals surface area contributed by atoms with Crippen molar-refractivity contribution in [3.05, 3.63) is 64.9 Å². The lowest BCUT2D eigenvalue weighted by Crippen LogP contribution is -2.30. The maximum Gasteiger partial charge on any atom is 0.238 e. The Morgan fingerprint density at radius 3 is 2.52 bits per heavy atom. The first-order valence-corrected chi connectivity index (χ1v) is 6.97. The molecule has 0 aliphatic rings. The first-order chi connectivity index (χ1) is 10.1. The normalized spacial score (nSPS) is 12.0. The lowest BCUT2D eigenvalue weighted by Gasteiger charge is -2.15. The van der Waals surface area contributed by atoms with Crippen LogP contribution < -0.4 is 10.6 Å². The van der Waals surface area contributed by atoms with Gasteiger partial charge in [-0.2, -0.15) is 0 Å². The summed E-state index contributed by atoms with van der Waals surface area (Å²) < 4.78 is 12.8. The molecule has 2 aromatic carbocycles. The van der Waals surface area contributed by atoms with Gasteiger partial charge in [-0.15, -0.1) is 0 Å². The Kier molecular flexibility index (Phi) is 5.31. The molecule has 0 saturated heterocycles. The molecule has 1 amide bonds. The van der Waals surface area contributed by atoms with Crippen LogP contribution in [0.3, 0.4) is 0 Å². The van der Waals surface area contributed by atoms with Crippen LogP contribution in [-0.4, -0.2) is 12.5 Å². The van der Waals surface area contributed by atoms with Crippen molar-refractivity contribution >= 4 is 23.2 Å². The van der Waals surface area contributed by atoms with Crippen LogP contribution in [0.2, 0.25) is 5.02 Å². The zero-order valence-corrected chi connectivity index (χ0v) is 12.3. The number of amides is 1. The number of anilines is 1. The highest BCUT2D eigenvalue weighted by Gasteiger charge is 2.10. The predicted octanol–water partition coefficient (Wildman–Crippen LogP) is 3.77. The van der Waals surface area contributed by atoms with Gasteiger partial charge in [-0.3, -0.25) is 4.79 Å². The van der Waals surface area contributed by atoms with Crippen LogP contribution in [-0.2, 0) is 4.79 Å². The van der Waals surface area contributed by atoms with Crippen LogP contribution in [0.5, 0.6) is 0 Å². The number of benzene rings is 2. The predicted molar refractivity (Wildman–Crippen MR) is 82.9 cm³/mol. The van der Waals surface area contributed by atoms with Crippen molar-refractivity contribution in [2.24, 2.45) is 0 Å². The van der Waals surface area contributed by atoms with Crippen molar-refractivity contribution in [3.8, 4) is 0 Å². The third-order valence-corrected chi connectivity index (χ3v) is 3.41. The number of rotatable bonds is 5. The van der Waals surface area contributed by atoms with E-state index in [4.69, 9.17) is 11.6 Å². The largest absolute Gasteiger partial charge is 0.325 e. The van der Waals surface area contributed by atoms with Crippen LogP contribution >= 0.6 is 11.6 Å². The lowest BCUT2D eigenvalue weighted by molar-refractivity contribution is -0.115. The minimum absolute atomic E-state index is 0.0438. The van der Waals surface area contributed by atoms with Gasteiger partial charge >= 0.3 is 0 Å². The molecular weight excluding hydrogens is 291 g/mol. The summed E-state index contributed by atoms with van der Waals surface area (Å²) in [5.74, 6) is -0.529. The molecule has 0 saturated carbocycles. The van der Waals surface area contributed by atoms with Crippen molar-refractivity contribution < 1.29 is 9.18 Å². The number of hydrogen-bond donors (Lipinski definition) is 2. The highest BCUT2D eigenvalue weighted by molar-refractivity contribution is 6.31. The number of carbonyl (C=O) groups is 1. The molecule has 2 N–H and O–H groups in total. The van der Waals surface area contributed by atoms with Crippen LogP contribution in [0.25, 0.3) is 0 Å². The second kappa shape index (κ2) is 7.20. The topological polar surface area (TPSA) is 41.1 Å². The van der Waals surface area contributed by atoms with Gasteiger partial charge in [0.2, 0.25) is 5.91 Å². The molecule has 2 rings (SSSR count). The van der Waals surface area contributed by atoms with Gasteiger partial charge in [0.25, 0.3) is 0 Å². The van der Waals surface area contributed by atoms with Gasteiger partial charge in [0.15, 0.2) is 0 Å². The van der Waals surface area contributed by atoms with Crippen molar-refractivity contribution in [2.45, 2.75) is 13.0 Å². The summed E-state index contributed by atoms with van der Waals surface area (Å²) in [5.41, 5.74) is 1.50. The third kappa shape index (κ3) is 4.55. The van der Waals surface area contributed by atoms with Gasteiger partial charge in [-0.25, -0.2) is 4.39 Å². The summed E-state index contributed by atoms with van der Waals surface area (Å²) in [7, 11) is 0. The van der Waals surface area contributed by atoms with E-state index in [-0.39, 0.29) is 24.3 Å². The monoisotopic (exact) mass is 306 g/mol. The van der Waals surface area contributed by atoms with Crippen molar-refractivity contribution in [1.29, 1.82) is 0 Å². The van der Waals surface area contributed by atoms with Gasteiger partial charge < -0.3 is 10.6 Å². The van der Waals surface area contributed by atoms with Crippen molar-refractivity contribution in [3.63, 3.8) is 0 Å². The minimum atomic E-state index is -0.335. The smallest absolute Gasteiger partial charge is 0.238 e. The van der Waals surface area contributed by atoms with Gasteiger partial charge in [0.1, 0.15) is 5.82 Å². The van der Waals surface area contributed by atoms with E-state index < -0.39 is 0 Å². The Labute approximate surface area is 128 Å². The molecule has 3 nitrogen and oxygen atoms in total. The first kappa shape index (κ1) is 15.5. The average molecular weight is 307 g/mol. The molecule has 2 aromatic rings. The fourth-order valence-electron chi connectivity index (χ4n) is 1.92. The fourth-order valence-corrected chi connectivity index (χ4v) is 2.22. The molecule has 0 fully saturated rings. The van der Waals surface area contributed by atoms with Crippen molar-refractivity contribution in [2.75, 3.05) is 11.9 Å². The van der Waals surface area contributed by atoms with Crippen LogP contribution in [0.1, 0.15) is 18.5 Å². The highest BCUT2D eigenvalue weighted by atomic mass is 35.5. The van der Waals surface area contributed by atoms with Gasteiger partial charge in [0, 0.05) is 16.8 Å². The summed E-state index contributed by atoms with van der Waals surface area (Å²) in [4.78, 5) is 11.8. The Morgan fingerprint density at radius 2 is 1.86 bits per heavy atom. The standard InChI is InChI=1S/C16H16ClFN2O/c1-11(14-4-2-3-5-15(14)17)19-10-16(21)20-13-8-6-12(18)7-9-13/h2-9,11,19H,10H2,1H3,(H,20,21)/t11-/m0/s1. The van der Waals surface area contributed by atoms with Gasteiger partial charge in [-0.05, 0) is 42.8 Å². The molecule has 0 aliphatic carbocycles. The summed E-state index contributed by atoms with van der Waals surface area (Å²) in [6.45, 7) is 2.08. The average Bonchev–Trinajstić information content (AvgIpc) is 2.48. The zero-order chi connectivity index (χ0) is 15.2. The van der Waals surface area contributed by atoms with E-state index in [0.717, 1.165) is 5.56 Å². The van der Waals surface area contributed by atoms with Gasteiger partial charge in [0.05, 0.1) is 6.54 Å². The van der Waals surface area contributed by atoms with Crippen LogP contribution in [0.4, 0.5) is 10.1 Å². The molecule has 21 heavy (non-hydrogen) atoms. The van der Waals surface area contributed by atoms with E-state index >= 15 is 0 Å². The molecule has 0 radical (unpaired) electrons. The van der Waals surface area contributed by atoms with E-state index in [1.54, 1.807) is 0 Å². The highest BCUT2D eigenvalue weighted by Crippen LogP contribution is 2.21. The van der Waals surface area contributed by atoms with E-state index in [0.29, 0.717) is 10.7 Å². The lowest BCUT2D eigenvalue weighted by atomic mass is 10.1. The van der Waals surface area contributed by atoms with E-state index in [9.17, 15) is 9.18 Å². The third-order valence-electron chi connectivity index (χ3n) is 3.07. The molecule has 5 heteroatoms. The van der Waals surface area contributed by atoms with Crippen LogP contribution in [0, 0.1) is 5.82 Å². The number of halogens is 2. The van der Waals surface area contributed by atoms with Crippen molar-refractivity contribution in [1.82, 2.24) is 5.32 Å². The number of carbonyl (C=O) groups excluding carboxylic acids is 1. The Balaban J connectivity index is 1.86. The second-order valence-corrected chi connectivity index (χ2v) is 5.09. The molecule has 0 spiro atoms. The van der Waals surface area contributed by atoms with E-state index in [1.165, 1.54) is 24.3 Å². The second-order valence-electron chi connectivity index (χ2n) is 4.68. The van der Waals surface area contributed by atoms with E-state index in [1.807, 2.05) is 31.2 Å². The Bertz CT molecular complexity index is 616. The molecule has 0 aromatic heterocycles. The molecule has 110 valence electrons. The zero-order valence-electron chi connectivity index (χ0n) is 11.6.